The molecule has 136 valence electrons. The van der Waals surface area contributed by atoms with E-state index in [1.165, 1.54) is 18.3 Å². The van der Waals surface area contributed by atoms with Crippen molar-refractivity contribution in [3.8, 4) is 0 Å². The molecular formula is C18H24N2O4S. The Labute approximate surface area is 148 Å². The van der Waals surface area contributed by atoms with Gasteiger partial charge >= 0.3 is 5.69 Å². The minimum Gasteiger partial charge on any atom is -0.274 e. The van der Waals surface area contributed by atoms with Gasteiger partial charge in [0.05, 0.1) is 4.90 Å². The number of carbonyl (C=O) groups is 1. The molecule has 6 nitrogen and oxygen atoms in total. The third-order valence-electron chi connectivity index (χ3n) is 4.18. The first kappa shape index (κ1) is 19.2. The predicted molar refractivity (Wildman–Crippen MR) is 96.4 cm³/mol. The second kappa shape index (κ2) is 7.82. The summed E-state index contributed by atoms with van der Waals surface area (Å²) in [6, 6.07) is 6.23. The Morgan fingerprint density at radius 1 is 1.04 bits per heavy atom. The first-order chi connectivity index (χ1) is 11.8. The van der Waals surface area contributed by atoms with Gasteiger partial charge < -0.3 is 0 Å². The molecular weight excluding hydrogens is 340 g/mol. The Bertz CT molecular complexity index is 886. The van der Waals surface area contributed by atoms with Crippen LogP contribution in [0.4, 0.5) is 0 Å². The van der Waals surface area contributed by atoms with Gasteiger partial charge in [-0.05, 0) is 31.9 Å². The van der Waals surface area contributed by atoms with E-state index in [2.05, 4.69) is 0 Å². The van der Waals surface area contributed by atoms with Crippen molar-refractivity contribution in [2.75, 3.05) is 0 Å². The zero-order chi connectivity index (χ0) is 18.6. The van der Waals surface area contributed by atoms with Gasteiger partial charge in [-0.3, -0.25) is 4.79 Å². The van der Waals surface area contributed by atoms with Crippen LogP contribution in [0.1, 0.15) is 49.9 Å². The largest absolute Gasteiger partial charge is 0.349 e. The topological polar surface area (TPSA) is 78.1 Å². The van der Waals surface area contributed by atoms with Gasteiger partial charge in [-0.1, -0.05) is 44.4 Å². The predicted octanol–water partition coefficient (Wildman–Crippen LogP) is 3.05. The molecule has 0 aliphatic carbocycles. The molecule has 0 fully saturated rings. The van der Waals surface area contributed by atoms with Crippen LogP contribution in [-0.2, 0) is 10.0 Å². The lowest BCUT2D eigenvalue weighted by molar-refractivity contribution is 0.0813. The summed E-state index contributed by atoms with van der Waals surface area (Å²) in [5.74, 6) is -0.614. The van der Waals surface area contributed by atoms with Crippen LogP contribution >= 0.6 is 0 Å². The Morgan fingerprint density at radius 3 is 2.12 bits per heavy atom. The Hall–Kier alpha value is -2.15. The lowest BCUT2D eigenvalue weighted by Crippen LogP contribution is -2.35. The molecule has 0 aliphatic heterocycles. The van der Waals surface area contributed by atoms with E-state index in [1.807, 2.05) is 20.8 Å². The zero-order valence-corrected chi connectivity index (χ0v) is 15.6. The molecule has 2 rings (SSSR count). The number of aromatic nitrogens is 2. The van der Waals surface area contributed by atoms with Crippen LogP contribution in [-0.4, -0.2) is 22.9 Å². The monoisotopic (exact) mass is 364 g/mol. The van der Waals surface area contributed by atoms with E-state index in [0.29, 0.717) is 16.8 Å². The highest BCUT2D eigenvalue weighted by Gasteiger charge is 2.25. The van der Waals surface area contributed by atoms with E-state index >= 15 is 0 Å². The molecule has 0 amide bonds. The van der Waals surface area contributed by atoms with Gasteiger partial charge in [0.1, 0.15) is 0 Å². The lowest BCUT2D eigenvalue weighted by Gasteiger charge is -2.13. The van der Waals surface area contributed by atoms with E-state index in [-0.39, 0.29) is 16.7 Å². The molecule has 0 N–H and O–H groups in total. The second-order valence-corrected chi connectivity index (χ2v) is 7.99. The van der Waals surface area contributed by atoms with E-state index in [4.69, 9.17) is 0 Å². The number of aryl methyl sites for hydroxylation is 1. The maximum Gasteiger partial charge on any atom is 0.349 e. The quantitative estimate of drug-likeness (QED) is 0.756. The van der Waals surface area contributed by atoms with Crippen LogP contribution in [0.5, 0.6) is 0 Å². The first-order valence-corrected chi connectivity index (χ1v) is 9.93. The second-order valence-electron chi connectivity index (χ2n) is 6.18. The summed E-state index contributed by atoms with van der Waals surface area (Å²) < 4.78 is 26.9. The van der Waals surface area contributed by atoms with Gasteiger partial charge in [-0.15, -0.1) is 0 Å². The van der Waals surface area contributed by atoms with Crippen LogP contribution in [0.15, 0.2) is 46.3 Å². The Morgan fingerprint density at radius 2 is 1.60 bits per heavy atom. The van der Waals surface area contributed by atoms with E-state index < -0.39 is 15.7 Å². The van der Waals surface area contributed by atoms with Crippen molar-refractivity contribution in [3.05, 3.63) is 52.7 Å². The molecule has 0 aliphatic rings. The average Bonchev–Trinajstić information content (AvgIpc) is 2.96. The molecule has 2 aromatic rings. The van der Waals surface area contributed by atoms with Crippen LogP contribution in [0.25, 0.3) is 0 Å². The molecule has 7 heteroatoms. The van der Waals surface area contributed by atoms with E-state index in [9.17, 15) is 18.0 Å². The number of rotatable bonds is 7. The molecule has 0 unspecified atom stereocenters. The molecule has 0 atom stereocenters. The summed E-state index contributed by atoms with van der Waals surface area (Å²) in [5, 5.41) is 0. The highest BCUT2D eigenvalue weighted by atomic mass is 32.2. The lowest BCUT2D eigenvalue weighted by atomic mass is 9.97. The number of hydrogen-bond donors (Lipinski definition) is 0. The summed E-state index contributed by atoms with van der Waals surface area (Å²) in [4.78, 5) is 25.2. The maximum absolute atomic E-state index is 12.7. The number of nitrogens with zero attached hydrogens (tertiary/aromatic N) is 2. The summed E-state index contributed by atoms with van der Waals surface area (Å²) in [5.41, 5.74) is 0.0730. The molecule has 25 heavy (non-hydrogen) atoms. The maximum atomic E-state index is 12.7. The number of carbonyl (C=O) groups excluding carboxylic acids is 1. The van der Waals surface area contributed by atoms with Crippen LogP contribution in [0, 0.1) is 12.8 Å². The highest BCUT2D eigenvalue weighted by Crippen LogP contribution is 2.17. The van der Waals surface area contributed by atoms with Crippen molar-refractivity contribution in [2.24, 2.45) is 5.92 Å². The number of benzene rings is 1. The van der Waals surface area contributed by atoms with Crippen molar-refractivity contribution in [1.82, 2.24) is 8.54 Å². The molecule has 0 bridgehead atoms. The van der Waals surface area contributed by atoms with Crippen molar-refractivity contribution < 1.29 is 13.2 Å². The van der Waals surface area contributed by atoms with Crippen molar-refractivity contribution in [1.29, 1.82) is 0 Å². The van der Waals surface area contributed by atoms with Crippen LogP contribution in [0.3, 0.4) is 0 Å². The van der Waals surface area contributed by atoms with Crippen LogP contribution < -0.4 is 5.69 Å². The van der Waals surface area contributed by atoms with E-state index in [1.54, 1.807) is 12.1 Å². The minimum atomic E-state index is -4.02. The molecule has 0 saturated heterocycles. The summed E-state index contributed by atoms with van der Waals surface area (Å²) in [7, 11) is -4.02. The SMILES string of the molecule is CCCC(CCC)C(=O)n1ccn(S(=O)(=O)c2ccc(C)cc2)c1=O. The normalized spacial score (nSPS) is 11.8. The van der Waals surface area contributed by atoms with E-state index in [0.717, 1.165) is 29.2 Å². The molecule has 0 saturated carbocycles. The first-order valence-electron chi connectivity index (χ1n) is 8.49. The van der Waals surface area contributed by atoms with Gasteiger partial charge in [0.2, 0.25) is 5.91 Å². The van der Waals surface area contributed by atoms with Gasteiger partial charge in [0.15, 0.2) is 0 Å². The Balaban J connectivity index is 2.42. The van der Waals surface area contributed by atoms with Gasteiger partial charge in [-0.25, -0.2) is 17.8 Å². The Kier molecular flexibility index (Phi) is 6.00. The molecule has 0 radical (unpaired) electrons. The van der Waals surface area contributed by atoms with Gasteiger partial charge in [0, 0.05) is 18.3 Å². The molecule has 1 heterocycles. The number of hydrogen-bond acceptors (Lipinski definition) is 4. The molecule has 1 aromatic carbocycles. The fourth-order valence-electron chi connectivity index (χ4n) is 2.82. The summed E-state index contributed by atoms with van der Waals surface area (Å²) in [6.07, 6.45) is 5.39. The summed E-state index contributed by atoms with van der Waals surface area (Å²) in [6.45, 7) is 5.80. The fourth-order valence-corrected chi connectivity index (χ4v) is 4.04. The van der Waals surface area contributed by atoms with Crippen LogP contribution in [0.2, 0.25) is 0 Å². The third kappa shape index (κ3) is 3.92. The van der Waals surface area contributed by atoms with Gasteiger partial charge in [-0.2, -0.15) is 3.97 Å². The standard InChI is InChI=1S/C18H24N2O4S/c1-4-6-15(7-5-2)17(21)19-12-13-20(18(19)22)25(23,24)16-10-8-14(3)9-11-16/h8-13,15H,4-7H2,1-3H3. The van der Waals surface area contributed by atoms with Crippen molar-refractivity contribution in [3.63, 3.8) is 0 Å². The third-order valence-corrected chi connectivity index (χ3v) is 5.85. The van der Waals surface area contributed by atoms with Crippen molar-refractivity contribution in [2.45, 2.75) is 51.3 Å². The highest BCUT2D eigenvalue weighted by molar-refractivity contribution is 7.90. The van der Waals surface area contributed by atoms with Crippen molar-refractivity contribution >= 4 is 15.9 Å². The number of imidazole rings is 1. The minimum absolute atomic E-state index is 0.0177. The fraction of sp³-hybridized carbons (Fsp3) is 0.444. The summed E-state index contributed by atoms with van der Waals surface area (Å²) >= 11 is 0. The molecule has 1 aromatic heterocycles. The zero-order valence-electron chi connectivity index (χ0n) is 14.8. The molecule has 0 spiro atoms. The smallest absolute Gasteiger partial charge is 0.274 e. The average molecular weight is 364 g/mol. The van der Waals surface area contributed by atoms with Gasteiger partial charge in [0.25, 0.3) is 10.0 Å².